The number of pyridine rings is 1. The van der Waals surface area contributed by atoms with Crippen molar-refractivity contribution in [1.29, 1.82) is 0 Å². The number of aliphatic hydroxyl groups is 1. The number of carbonyl (C=O) groups excluding carboxylic acids is 3. The van der Waals surface area contributed by atoms with Gasteiger partial charge in [0.25, 0.3) is 0 Å². The number of hydrogen-bond acceptors (Lipinski definition) is 5. The van der Waals surface area contributed by atoms with Gasteiger partial charge in [0.15, 0.2) is 0 Å². The van der Waals surface area contributed by atoms with Gasteiger partial charge >= 0.3 is 0 Å². The van der Waals surface area contributed by atoms with Crippen molar-refractivity contribution in [3.05, 3.63) is 30.1 Å². The van der Waals surface area contributed by atoms with Gasteiger partial charge < -0.3 is 5.11 Å². The Morgan fingerprint density at radius 3 is 2.48 bits per heavy atom. The fourth-order valence-corrected chi connectivity index (χ4v) is 3.48. The van der Waals surface area contributed by atoms with E-state index in [2.05, 4.69) is 4.98 Å². The smallest absolute Gasteiger partial charge is 0.146 e. The lowest BCUT2D eigenvalue weighted by atomic mass is 9.60. The average Bonchev–Trinajstić information content (AvgIpc) is 2.36. The van der Waals surface area contributed by atoms with E-state index >= 15 is 0 Å². The highest BCUT2D eigenvalue weighted by molar-refractivity contribution is 6.05. The van der Waals surface area contributed by atoms with Gasteiger partial charge in [-0.05, 0) is 32.4 Å². The van der Waals surface area contributed by atoms with E-state index in [1.807, 2.05) is 0 Å². The van der Waals surface area contributed by atoms with Crippen LogP contribution in [0.25, 0.3) is 0 Å². The van der Waals surface area contributed by atoms with Crippen LogP contribution in [-0.4, -0.2) is 33.0 Å². The van der Waals surface area contributed by atoms with Crippen LogP contribution >= 0.6 is 0 Å². The molecule has 1 heterocycles. The Morgan fingerprint density at radius 2 is 2.00 bits per heavy atom. The van der Waals surface area contributed by atoms with Crippen LogP contribution in [0.1, 0.15) is 38.7 Å². The molecule has 5 nitrogen and oxygen atoms in total. The lowest BCUT2D eigenvalue weighted by molar-refractivity contribution is -0.151. The first-order valence-corrected chi connectivity index (χ1v) is 6.91. The number of ketones is 3. The fraction of sp³-hybridized carbons (Fsp3) is 0.500. The summed E-state index contributed by atoms with van der Waals surface area (Å²) in [6.45, 7) is 4.22. The molecule has 1 aromatic heterocycles. The summed E-state index contributed by atoms with van der Waals surface area (Å²) in [7, 11) is 0. The molecule has 4 atom stereocenters. The van der Waals surface area contributed by atoms with Gasteiger partial charge in [0, 0.05) is 24.7 Å². The van der Waals surface area contributed by atoms with Crippen LogP contribution in [-0.2, 0) is 14.4 Å². The van der Waals surface area contributed by atoms with E-state index in [9.17, 15) is 19.5 Å². The van der Waals surface area contributed by atoms with Crippen LogP contribution < -0.4 is 0 Å². The highest BCUT2D eigenvalue weighted by atomic mass is 16.3. The van der Waals surface area contributed by atoms with Gasteiger partial charge in [0.1, 0.15) is 17.3 Å². The lowest BCUT2D eigenvalue weighted by Crippen LogP contribution is -2.53. The fourth-order valence-electron chi connectivity index (χ4n) is 3.48. The highest BCUT2D eigenvalue weighted by Crippen LogP contribution is 2.46. The van der Waals surface area contributed by atoms with E-state index in [4.69, 9.17) is 0 Å². The Hall–Kier alpha value is -1.88. The summed E-state index contributed by atoms with van der Waals surface area (Å²) < 4.78 is 0. The summed E-state index contributed by atoms with van der Waals surface area (Å²) >= 11 is 0. The summed E-state index contributed by atoms with van der Waals surface area (Å²) in [6.07, 6.45) is 2.95. The molecule has 5 heteroatoms. The lowest BCUT2D eigenvalue weighted by Gasteiger charge is -2.44. The van der Waals surface area contributed by atoms with Gasteiger partial charge in [-0.1, -0.05) is 6.07 Å². The molecule has 1 fully saturated rings. The van der Waals surface area contributed by atoms with Crippen LogP contribution in [0, 0.1) is 11.8 Å². The maximum atomic E-state index is 12.3. The largest absolute Gasteiger partial charge is 0.389 e. The SMILES string of the molecule is CC(=O)[C@H]1C(=O)C[C@@](C)(O)[C@@H](C(C)=O)[C@@H]1c1cccnc1. The molecule has 21 heavy (non-hydrogen) atoms. The Bertz CT molecular complexity index is 579. The second-order valence-electron chi connectivity index (χ2n) is 5.99. The predicted molar refractivity (Wildman–Crippen MR) is 75.6 cm³/mol. The van der Waals surface area contributed by atoms with E-state index in [0.717, 1.165) is 0 Å². The molecule has 0 spiro atoms. The maximum absolute atomic E-state index is 12.3. The predicted octanol–water partition coefficient (Wildman–Crippen LogP) is 1.30. The molecule has 1 aliphatic carbocycles. The molecule has 112 valence electrons. The summed E-state index contributed by atoms with van der Waals surface area (Å²) in [5.74, 6) is -3.19. The van der Waals surface area contributed by atoms with Crippen molar-refractivity contribution >= 4 is 17.3 Å². The molecule has 1 N–H and O–H groups in total. The third-order valence-corrected chi connectivity index (χ3v) is 4.21. The summed E-state index contributed by atoms with van der Waals surface area (Å²) in [5, 5.41) is 10.5. The number of hydrogen-bond donors (Lipinski definition) is 1. The molecular formula is C16H19NO4. The van der Waals surface area contributed by atoms with Gasteiger partial charge in [-0.25, -0.2) is 0 Å². The van der Waals surface area contributed by atoms with Crippen molar-refractivity contribution in [2.45, 2.75) is 38.7 Å². The number of nitrogens with zero attached hydrogens (tertiary/aromatic N) is 1. The van der Waals surface area contributed by atoms with Crippen molar-refractivity contribution in [3.8, 4) is 0 Å². The molecule has 0 saturated heterocycles. The molecule has 2 rings (SSSR count). The molecule has 0 aromatic carbocycles. The molecule has 1 saturated carbocycles. The molecule has 0 amide bonds. The number of carbonyl (C=O) groups is 3. The summed E-state index contributed by atoms with van der Waals surface area (Å²) in [4.78, 5) is 40.3. The minimum Gasteiger partial charge on any atom is -0.389 e. The normalized spacial score (nSPS) is 32.8. The first kappa shape index (κ1) is 15.5. The average molecular weight is 289 g/mol. The van der Waals surface area contributed by atoms with E-state index < -0.39 is 23.4 Å². The zero-order valence-electron chi connectivity index (χ0n) is 12.4. The Morgan fingerprint density at radius 1 is 1.33 bits per heavy atom. The topological polar surface area (TPSA) is 84.3 Å². The second kappa shape index (κ2) is 5.48. The third-order valence-electron chi connectivity index (χ3n) is 4.21. The van der Waals surface area contributed by atoms with Crippen LogP contribution in [0.2, 0.25) is 0 Å². The molecule has 1 aliphatic rings. The van der Waals surface area contributed by atoms with Gasteiger partial charge in [-0.3, -0.25) is 19.4 Å². The quantitative estimate of drug-likeness (QED) is 0.848. The van der Waals surface area contributed by atoms with Crippen molar-refractivity contribution < 1.29 is 19.5 Å². The van der Waals surface area contributed by atoms with Crippen LogP contribution in [0.5, 0.6) is 0 Å². The Balaban J connectivity index is 2.61. The van der Waals surface area contributed by atoms with Crippen molar-refractivity contribution in [2.24, 2.45) is 11.8 Å². The van der Waals surface area contributed by atoms with E-state index in [0.29, 0.717) is 5.56 Å². The number of Topliss-reactive ketones (excluding diaryl/α,β-unsaturated/α-hetero) is 3. The molecule has 1 aromatic rings. The monoisotopic (exact) mass is 289 g/mol. The zero-order valence-corrected chi connectivity index (χ0v) is 12.4. The highest BCUT2D eigenvalue weighted by Gasteiger charge is 2.53. The van der Waals surface area contributed by atoms with Crippen molar-refractivity contribution in [1.82, 2.24) is 4.98 Å². The number of rotatable bonds is 3. The molecule has 0 aliphatic heterocycles. The van der Waals surface area contributed by atoms with Crippen LogP contribution in [0.3, 0.4) is 0 Å². The minimum atomic E-state index is -1.45. The van der Waals surface area contributed by atoms with E-state index in [1.54, 1.807) is 24.5 Å². The molecule has 0 unspecified atom stereocenters. The van der Waals surface area contributed by atoms with E-state index in [1.165, 1.54) is 20.8 Å². The van der Waals surface area contributed by atoms with Crippen molar-refractivity contribution in [3.63, 3.8) is 0 Å². The van der Waals surface area contributed by atoms with Crippen LogP contribution in [0.15, 0.2) is 24.5 Å². The summed E-state index contributed by atoms with van der Waals surface area (Å²) in [6, 6.07) is 3.43. The Kier molecular flexibility index (Phi) is 4.05. The minimum absolute atomic E-state index is 0.182. The maximum Gasteiger partial charge on any atom is 0.146 e. The van der Waals surface area contributed by atoms with Gasteiger partial charge in [0.2, 0.25) is 0 Å². The van der Waals surface area contributed by atoms with Gasteiger partial charge in [-0.15, -0.1) is 0 Å². The zero-order chi connectivity index (χ0) is 15.8. The van der Waals surface area contributed by atoms with Gasteiger partial charge in [0.05, 0.1) is 17.4 Å². The standard InChI is InChI=1S/C16H19NO4/c1-9(18)13-12(20)7-16(3,21)15(10(2)19)14(13)11-5-4-6-17-8-11/h4-6,8,13-15,21H,7H2,1-3H3/t13-,14+,15-,16+/m0/s1. The molecule has 0 bridgehead atoms. The second-order valence-corrected chi connectivity index (χ2v) is 5.99. The third kappa shape index (κ3) is 2.78. The van der Waals surface area contributed by atoms with Crippen LogP contribution in [0.4, 0.5) is 0 Å². The molecule has 0 radical (unpaired) electrons. The first-order chi connectivity index (χ1) is 9.75. The number of aromatic nitrogens is 1. The molecular weight excluding hydrogens is 270 g/mol. The van der Waals surface area contributed by atoms with E-state index in [-0.39, 0.29) is 23.8 Å². The summed E-state index contributed by atoms with van der Waals surface area (Å²) in [5.41, 5.74) is -0.818. The van der Waals surface area contributed by atoms with Crippen molar-refractivity contribution in [2.75, 3.05) is 0 Å². The first-order valence-electron chi connectivity index (χ1n) is 6.91. The Labute approximate surface area is 123 Å². The van der Waals surface area contributed by atoms with Gasteiger partial charge in [-0.2, -0.15) is 0 Å².